The van der Waals surface area contributed by atoms with Crippen molar-refractivity contribution in [1.82, 2.24) is 5.32 Å². The molecule has 2 aliphatic carbocycles. The van der Waals surface area contributed by atoms with E-state index in [2.05, 4.69) is 12.4 Å². The van der Waals surface area contributed by atoms with Crippen LogP contribution in [0, 0.1) is 5.41 Å². The van der Waals surface area contributed by atoms with E-state index in [9.17, 15) is 0 Å². The normalized spacial score (nSPS) is 33.5. The molecule has 1 atom stereocenters. The van der Waals surface area contributed by atoms with Crippen molar-refractivity contribution in [2.45, 2.75) is 82.3 Å². The second-order valence-electron chi connectivity index (χ2n) is 7.11. The van der Waals surface area contributed by atoms with E-state index < -0.39 is 0 Å². The number of ether oxygens (including phenoxy) is 1. The first kappa shape index (κ1) is 12.9. The van der Waals surface area contributed by atoms with Crippen LogP contribution in [0.2, 0.25) is 0 Å². The van der Waals surface area contributed by atoms with Gasteiger partial charge in [-0.05, 0) is 57.4 Å². The molecule has 18 heavy (non-hydrogen) atoms. The Balaban J connectivity index is 1.55. The van der Waals surface area contributed by atoms with Crippen molar-refractivity contribution in [2.24, 2.45) is 5.41 Å². The zero-order valence-electron chi connectivity index (χ0n) is 12.0. The molecule has 1 spiro atoms. The minimum Gasteiger partial charge on any atom is -0.372 e. The number of rotatable bonds is 4. The number of nitrogens with one attached hydrogen (secondary N) is 1. The summed E-state index contributed by atoms with van der Waals surface area (Å²) < 4.78 is 6.54. The molecule has 2 heteroatoms. The molecule has 1 saturated heterocycles. The third kappa shape index (κ3) is 2.46. The molecule has 1 N–H and O–H groups in total. The van der Waals surface area contributed by atoms with Gasteiger partial charge < -0.3 is 10.1 Å². The summed E-state index contributed by atoms with van der Waals surface area (Å²) in [5, 5.41) is 3.40. The topological polar surface area (TPSA) is 21.3 Å². The second kappa shape index (κ2) is 5.13. The molecule has 3 rings (SSSR count). The molecule has 1 unspecified atom stereocenters. The molecule has 3 fully saturated rings. The fraction of sp³-hybridized carbons (Fsp3) is 1.00. The van der Waals surface area contributed by atoms with Crippen LogP contribution in [0.1, 0.15) is 70.6 Å². The van der Waals surface area contributed by atoms with Crippen LogP contribution in [0.5, 0.6) is 0 Å². The lowest BCUT2D eigenvalue weighted by atomic mass is 9.65. The summed E-state index contributed by atoms with van der Waals surface area (Å²) in [6, 6.07) is 0. The highest BCUT2D eigenvalue weighted by Crippen LogP contribution is 2.49. The van der Waals surface area contributed by atoms with Gasteiger partial charge in [0.15, 0.2) is 0 Å². The summed E-state index contributed by atoms with van der Waals surface area (Å²) in [5.41, 5.74) is 0.896. The van der Waals surface area contributed by atoms with Gasteiger partial charge in [0.05, 0.1) is 11.7 Å². The average molecular weight is 251 g/mol. The monoisotopic (exact) mass is 251 g/mol. The van der Waals surface area contributed by atoms with Gasteiger partial charge in [-0.3, -0.25) is 0 Å². The van der Waals surface area contributed by atoms with Crippen molar-refractivity contribution in [3.63, 3.8) is 0 Å². The average Bonchev–Trinajstić information content (AvgIpc) is 2.70. The van der Waals surface area contributed by atoms with Crippen molar-refractivity contribution in [3.05, 3.63) is 0 Å². The SMILES string of the molecule is CNCC1(CC2CCC3(CCCCC3)O2)CCC1. The molecule has 2 nitrogen and oxygen atoms in total. The Bertz CT molecular complexity index is 279. The van der Waals surface area contributed by atoms with Gasteiger partial charge in [0.2, 0.25) is 0 Å². The third-order valence-corrected chi connectivity index (χ3v) is 5.73. The minimum absolute atomic E-state index is 0.313. The maximum Gasteiger partial charge on any atom is 0.0687 e. The van der Waals surface area contributed by atoms with Gasteiger partial charge in [-0.1, -0.05) is 25.7 Å². The van der Waals surface area contributed by atoms with E-state index in [4.69, 9.17) is 4.74 Å². The van der Waals surface area contributed by atoms with E-state index in [1.54, 1.807) is 0 Å². The molecule has 104 valence electrons. The lowest BCUT2D eigenvalue weighted by Crippen LogP contribution is -2.42. The molecular weight excluding hydrogens is 222 g/mol. The van der Waals surface area contributed by atoms with Gasteiger partial charge in [-0.2, -0.15) is 0 Å². The highest BCUT2D eigenvalue weighted by molar-refractivity contribution is 4.96. The van der Waals surface area contributed by atoms with Crippen molar-refractivity contribution in [2.75, 3.05) is 13.6 Å². The van der Waals surface area contributed by atoms with E-state index in [-0.39, 0.29) is 0 Å². The number of hydrogen-bond acceptors (Lipinski definition) is 2. The van der Waals surface area contributed by atoms with Crippen molar-refractivity contribution < 1.29 is 4.74 Å². The third-order valence-electron chi connectivity index (χ3n) is 5.73. The van der Waals surface area contributed by atoms with Crippen LogP contribution in [0.15, 0.2) is 0 Å². The van der Waals surface area contributed by atoms with Crippen LogP contribution in [-0.4, -0.2) is 25.3 Å². The fourth-order valence-corrected chi connectivity index (χ4v) is 4.59. The first-order valence-electron chi connectivity index (χ1n) is 8.08. The van der Waals surface area contributed by atoms with Gasteiger partial charge in [0.25, 0.3) is 0 Å². The van der Waals surface area contributed by atoms with Gasteiger partial charge in [-0.25, -0.2) is 0 Å². The Kier molecular flexibility index (Phi) is 3.68. The van der Waals surface area contributed by atoms with E-state index in [0.717, 1.165) is 0 Å². The maximum absolute atomic E-state index is 6.54. The van der Waals surface area contributed by atoms with E-state index in [1.165, 1.54) is 77.2 Å². The summed E-state index contributed by atoms with van der Waals surface area (Å²) >= 11 is 0. The lowest BCUT2D eigenvalue weighted by molar-refractivity contribution is -0.0844. The number of hydrogen-bond donors (Lipinski definition) is 1. The lowest BCUT2D eigenvalue weighted by Gasteiger charge is -2.44. The van der Waals surface area contributed by atoms with Crippen molar-refractivity contribution in [3.8, 4) is 0 Å². The molecule has 3 aliphatic rings. The Morgan fingerprint density at radius 3 is 2.39 bits per heavy atom. The van der Waals surface area contributed by atoms with Crippen molar-refractivity contribution >= 4 is 0 Å². The molecular formula is C16H29NO. The van der Waals surface area contributed by atoms with Crippen LogP contribution in [-0.2, 0) is 4.74 Å². The minimum atomic E-state index is 0.313. The highest BCUT2D eigenvalue weighted by atomic mass is 16.5. The van der Waals surface area contributed by atoms with Crippen LogP contribution in [0.25, 0.3) is 0 Å². The summed E-state index contributed by atoms with van der Waals surface area (Å²) in [7, 11) is 2.10. The molecule has 2 saturated carbocycles. The zero-order chi connectivity index (χ0) is 12.5. The maximum atomic E-state index is 6.54. The highest BCUT2D eigenvalue weighted by Gasteiger charge is 2.45. The molecule has 0 aromatic rings. The standard InChI is InChI=1S/C16H29NO/c1-17-13-15(7-5-8-15)12-14-6-11-16(18-14)9-3-2-4-10-16/h14,17H,2-13H2,1H3. The summed E-state index contributed by atoms with van der Waals surface area (Å²) in [5.74, 6) is 0. The van der Waals surface area contributed by atoms with E-state index in [1.807, 2.05) is 0 Å². The smallest absolute Gasteiger partial charge is 0.0687 e. The fourth-order valence-electron chi connectivity index (χ4n) is 4.59. The predicted octanol–water partition coefficient (Wildman–Crippen LogP) is 3.65. The van der Waals surface area contributed by atoms with Crippen LogP contribution >= 0.6 is 0 Å². The summed E-state index contributed by atoms with van der Waals surface area (Å²) in [6.07, 6.45) is 15.7. The van der Waals surface area contributed by atoms with Crippen LogP contribution in [0.4, 0.5) is 0 Å². The van der Waals surface area contributed by atoms with Gasteiger partial charge in [0, 0.05) is 6.54 Å². The van der Waals surface area contributed by atoms with E-state index in [0.29, 0.717) is 17.1 Å². The van der Waals surface area contributed by atoms with Crippen molar-refractivity contribution in [1.29, 1.82) is 0 Å². The largest absolute Gasteiger partial charge is 0.372 e. The van der Waals surface area contributed by atoms with Crippen LogP contribution in [0.3, 0.4) is 0 Å². The Morgan fingerprint density at radius 1 is 1.00 bits per heavy atom. The Morgan fingerprint density at radius 2 is 1.78 bits per heavy atom. The second-order valence-corrected chi connectivity index (χ2v) is 7.11. The molecule has 0 bridgehead atoms. The van der Waals surface area contributed by atoms with Crippen LogP contribution < -0.4 is 5.32 Å². The van der Waals surface area contributed by atoms with Gasteiger partial charge in [0.1, 0.15) is 0 Å². The molecule has 0 aromatic carbocycles. The molecule has 0 aromatic heterocycles. The molecule has 0 amide bonds. The first-order chi connectivity index (χ1) is 8.76. The molecule has 0 radical (unpaired) electrons. The quantitative estimate of drug-likeness (QED) is 0.823. The zero-order valence-corrected chi connectivity index (χ0v) is 12.0. The van der Waals surface area contributed by atoms with Gasteiger partial charge in [-0.15, -0.1) is 0 Å². The molecule has 1 heterocycles. The Hall–Kier alpha value is -0.0800. The Labute approximate surface area is 112 Å². The predicted molar refractivity (Wildman–Crippen MR) is 74.8 cm³/mol. The first-order valence-corrected chi connectivity index (χ1v) is 8.08. The summed E-state index contributed by atoms with van der Waals surface area (Å²) in [6.45, 7) is 1.19. The summed E-state index contributed by atoms with van der Waals surface area (Å²) in [4.78, 5) is 0. The van der Waals surface area contributed by atoms with E-state index >= 15 is 0 Å². The molecule has 1 aliphatic heterocycles. The van der Waals surface area contributed by atoms with Gasteiger partial charge >= 0.3 is 0 Å².